The number of hydrogen-bond acceptors (Lipinski definition) is 2. The number of hydrogen-bond donors (Lipinski definition) is 1. The Morgan fingerprint density at radius 3 is 2.25 bits per heavy atom. The van der Waals surface area contributed by atoms with E-state index in [2.05, 4.69) is 40.5 Å². The van der Waals surface area contributed by atoms with Gasteiger partial charge in [0.05, 0.1) is 0 Å². The van der Waals surface area contributed by atoms with Crippen LogP contribution in [-0.2, 0) is 4.79 Å². The van der Waals surface area contributed by atoms with Crippen LogP contribution in [0.2, 0.25) is 0 Å². The average molecular weight is 351 g/mol. The van der Waals surface area contributed by atoms with Gasteiger partial charge in [0.25, 0.3) is 0 Å². The van der Waals surface area contributed by atoms with Gasteiger partial charge in [0.15, 0.2) is 0 Å². The summed E-state index contributed by atoms with van der Waals surface area (Å²) in [5, 5.41) is 3.33. The molecule has 3 rings (SSSR count). The Hall–Kier alpha value is -1.06. The normalized spacial score (nSPS) is 25.1. The van der Waals surface area contributed by atoms with Crippen molar-refractivity contribution >= 4 is 18.3 Å². The lowest BCUT2D eigenvalue weighted by molar-refractivity contribution is -0.133. The van der Waals surface area contributed by atoms with Gasteiger partial charge in [0.1, 0.15) is 0 Å². The largest absolute Gasteiger partial charge is 0.343 e. The maximum atomic E-state index is 12.5. The number of nitrogens with zero attached hydrogens (tertiary/aromatic N) is 1. The van der Waals surface area contributed by atoms with Crippen LogP contribution in [0.25, 0.3) is 0 Å². The number of benzene rings is 1. The molecule has 0 aromatic heterocycles. The van der Waals surface area contributed by atoms with Gasteiger partial charge in [-0.3, -0.25) is 4.79 Å². The number of halogens is 1. The second kappa shape index (κ2) is 9.43. The fraction of sp³-hybridized carbons (Fsp3) is 0.650. The first-order valence-corrected chi connectivity index (χ1v) is 9.26. The lowest BCUT2D eigenvalue weighted by Crippen LogP contribution is -2.44. The molecule has 0 atom stereocenters. The number of amides is 1. The van der Waals surface area contributed by atoms with Gasteiger partial charge in [-0.2, -0.15) is 0 Å². The van der Waals surface area contributed by atoms with Crippen LogP contribution in [0.5, 0.6) is 0 Å². The second-order valence-electron chi connectivity index (χ2n) is 7.28. The molecule has 1 aliphatic heterocycles. The maximum absolute atomic E-state index is 12.5. The lowest BCUT2D eigenvalue weighted by Gasteiger charge is -2.34. The molecule has 1 heterocycles. The third-order valence-electron chi connectivity index (χ3n) is 5.84. The molecule has 4 heteroatoms. The van der Waals surface area contributed by atoms with E-state index in [-0.39, 0.29) is 12.4 Å². The van der Waals surface area contributed by atoms with Crippen LogP contribution in [0, 0.1) is 5.92 Å². The van der Waals surface area contributed by atoms with Gasteiger partial charge in [-0.05, 0) is 63.0 Å². The van der Waals surface area contributed by atoms with Crippen LogP contribution in [0.3, 0.4) is 0 Å². The SMILES string of the molecule is CNC1CCN(C(=O)CC2CCC(c3ccccc3)CC2)CC1.Cl. The minimum absolute atomic E-state index is 0. The van der Waals surface area contributed by atoms with Crippen molar-refractivity contribution in [3.63, 3.8) is 0 Å². The lowest BCUT2D eigenvalue weighted by atomic mass is 9.77. The van der Waals surface area contributed by atoms with Crippen LogP contribution in [-0.4, -0.2) is 37.0 Å². The second-order valence-corrected chi connectivity index (χ2v) is 7.28. The first kappa shape index (κ1) is 19.3. The van der Waals surface area contributed by atoms with Gasteiger partial charge in [0, 0.05) is 25.6 Å². The molecule has 134 valence electrons. The Bertz CT molecular complexity index is 492. The van der Waals surface area contributed by atoms with Crippen molar-refractivity contribution in [2.24, 2.45) is 5.92 Å². The number of rotatable bonds is 4. The average Bonchev–Trinajstić information content (AvgIpc) is 2.63. The van der Waals surface area contributed by atoms with E-state index in [0.717, 1.165) is 32.4 Å². The first-order valence-electron chi connectivity index (χ1n) is 9.26. The molecule has 3 nitrogen and oxygen atoms in total. The van der Waals surface area contributed by atoms with E-state index >= 15 is 0 Å². The predicted molar refractivity (Wildman–Crippen MR) is 102 cm³/mol. The monoisotopic (exact) mass is 350 g/mol. The van der Waals surface area contributed by atoms with Crippen LogP contribution in [0.15, 0.2) is 30.3 Å². The molecule has 1 saturated carbocycles. The van der Waals surface area contributed by atoms with Crippen molar-refractivity contribution in [2.45, 2.75) is 56.9 Å². The Kier molecular flexibility index (Phi) is 7.57. The molecule has 2 fully saturated rings. The van der Waals surface area contributed by atoms with Crippen LogP contribution < -0.4 is 5.32 Å². The molecule has 0 spiro atoms. The minimum atomic E-state index is 0. The molecule has 2 aliphatic rings. The third kappa shape index (κ3) is 4.97. The highest BCUT2D eigenvalue weighted by atomic mass is 35.5. The van der Waals surface area contributed by atoms with Crippen LogP contribution in [0.1, 0.15) is 56.4 Å². The molecule has 0 bridgehead atoms. The smallest absolute Gasteiger partial charge is 0.222 e. The summed E-state index contributed by atoms with van der Waals surface area (Å²) < 4.78 is 0. The zero-order valence-electron chi connectivity index (χ0n) is 14.7. The standard InChI is InChI=1S/C20H30N2O.ClH/c1-21-19-11-13-22(14-12-19)20(23)15-16-7-9-18(10-8-16)17-5-3-2-4-6-17;/h2-6,16,18-19,21H,7-15H2,1H3;1H. The number of carbonyl (C=O) groups is 1. The summed E-state index contributed by atoms with van der Waals surface area (Å²) in [5.41, 5.74) is 1.48. The summed E-state index contributed by atoms with van der Waals surface area (Å²) in [6.45, 7) is 1.87. The van der Waals surface area contributed by atoms with E-state index in [1.165, 1.54) is 31.2 Å². The first-order chi connectivity index (χ1) is 11.3. The van der Waals surface area contributed by atoms with Gasteiger partial charge in [-0.25, -0.2) is 0 Å². The highest BCUT2D eigenvalue weighted by molar-refractivity contribution is 5.85. The maximum Gasteiger partial charge on any atom is 0.222 e. The zero-order valence-corrected chi connectivity index (χ0v) is 15.6. The Morgan fingerprint density at radius 1 is 1.04 bits per heavy atom. The number of likely N-dealkylation sites (tertiary alicyclic amines) is 1. The summed E-state index contributed by atoms with van der Waals surface area (Å²) in [6.07, 6.45) is 7.86. The third-order valence-corrected chi connectivity index (χ3v) is 5.84. The highest BCUT2D eigenvalue weighted by Gasteiger charge is 2.27. The molecular weight excluding hydrogens is 320 g/mol. The zero-order chi connectivity index (χ0) is 16.1. The van der Waals surface area contributed by atoms with Gasteiger partial charge in [0.2, 0.25) is 5.91 Å². The Balaban J connectivity index is 0.00000208. The van der Waals surface area contributed by atoms with Crippen molar-refractivity contribution in [1.29, 1.82) is 0 Å². The van der Waals surface area contributed by atoms with E-state index in [0.29, 0.717) is 23.8 Å². The Labute approximate surface area is 152 Å². The molecule has 0 unspecified atom stereocenters. The van der Waals surface area contributed by atoms with E-state index < -0.39 is 0 Å². The van der Waals surface area contributed by atoms with Crippen molar-refractivity contribution in [3.05, 3.63) is 35.9 Å². The summed E-state index contributed by atoms with van der Waals surface area (Å²) in [6, 6.07) is 11.5. The van der Waals surface area contributed by atoms with Crippen molar-refractivity contribution < 1.29 is 4.79 Å². The van der Waals surface area contributed by atoms with Gasteiger partial charge in [-0.1, -0.05) is 30.3 Å². The van der Waals surface area contributed by atoms with Crippen molar-refractivity contribution in [2.75, 3.05) is 20.1 Å². The van der Waals surface area contributed by atoms with Crippen LogP contribution >= 0.6 is 12.4 Å². The molecule has 0 radical (unpaired) electrons. The Morgan fingerprint density at radius 2 is 1.67 bits per heavy atom. The molecule has 1 aromatic carbocycles. The number of piperidine rings is 1. The van der Waals surface area contributed by atoms with E-state index in [9.17, 15) is 4.79 Å². The number of nitrogens with one attached hydrogen (secondary N) is 1. The van der Waals surface area contributed by atoms with Crippen LogP contribution in [0.4, 0.5) is 0 Å². The van der Waals surface area contributed by atoms with Gasteiger partial charge >= 0.3 is 0 Å². The molecule has 1 aromatic rings. The topological polar surface area (TPSA) is 32.3 Å². The summed E-state index contributed by atoms with van der Waals surface area (Å²) in [7, 11) is 2.02. The minimum Gasteiger partial charge on any atom is -0.343 e. The quantitative estimate of drug-likeness (QED) is 0.890. The van der Waals surface area contributed by atoms with Gasteiger partial charge < -0.3 is 10.2 Å². The molecule has 1 aliphatic carbocycles. The molecule has 1 N–H and O–H groups in total. The van der Waals surface area contributed by atoms with E-state index in [1.54, 1.807) is 0 Å². The molecule has 1 saturated heterocycles. The van der Waals surface area contributed by atoms with E-state index in [4.69, 9.17) is 0 Å². The van der Waals surface area contributed by atoms with E-state index in [1.807, 2.05) is 7.05 Å². The summed E-state index contributed by atoms with van der Waals surface area (Å²) in [4.78, 5) is 14.6. The fourth-order valence-corrected chi connectivity index (χ4v) is 4.22. The molecular formula is C20H31ClN2O. The number of carbonyl (C=O) groups excluding carboxylic acids is 1. The molecule has 1 amide bonds. The predicted octanol–water partition coefficient (Wildman–Crippen LogP) is 3.98. The van der Waals surface area contributed by atoms with Crippen molar-refractivity contribution in [1.82, 2.24) is 10.2 Å². The van der Waals surface area contributed by atoms with Crippen molar-refractivity contribution in [3.8, 4) is 0 Å². The van der Waals surface area contributed by atoms with Gasteiger partial charge in [-0.15, -0.1) is 12.4 Å². The highest BCUT2D eigenvalue weighted by Crippen LogP contribution is 2.37. The fourth-order valence-electron chi connectivity index (χ4n) is 4.22. The molecule has 24 heavy (non-hydrogen) atoms. The summed E-state index contributed by atoms with van der Waals surface area (Å²) >= 11 is 0. The summed E-state index contributed by atoms with van der Waals surface area (Å²) in [5.74, 6) is 1.70.